The minimum atomic E-state index is -0.433. The van der Waals surface area contributed by atoms with Gasteiger partial charge in [0.1, 0.15) is 5.75 Å². The van der Waals surface area contributed by atoms with Gasteiger partial charge in [0.15, 0.2) is 0 Å². The van der Waals surface area contributed by atoms with E-state index in [1.54, 1.807) is 29.2 Å². The number of esters is 1. The average molecular weight is 430 g/mol. The predicted octanol–water partition coefficient (Wildman–Crippen LogP) is 1.84. The highest BCUT2D eigenvalue weighted by Gasteiger charge is 2.38. The summed E-state index contributed by atoms with van der Waals surface area (Å²) in [5, 5.41) is 2.94. The van der Waals surface area contributed by atoms with Crippen molar-refractivity contribution < 1.29 is 23.9 Å². The second-order valence-corrected chi connectivity index (χ2v) is 8.64. The fraction of sp³-hybridized carbons (Fsp3) is 0.565. The maximum absolute atomic E-state index is 12.8. The maximum atomic E-state index is 12.8. The Morgan fingerprint density at radius 2 is 1.90 bits per heavy atom. The Morgan fingerprint density at radius 1 is 1.19 bits per heavy atom. The summed E-state index contributed by atoms with van der Waals surface area (Å²) in [6, 6.07) is 6.64. The van der Waals surface area contributed by atoms with E-state index in [4.69, 9.17) is 4.74 Å². The number of nitrogens with one attached hydrogen (secondary N) is 1. The lowest BCUT2D eigenvalue weighted by Crippen LogP contribution is -2.44. The molecular weight excluding hydrogens is 398 g/mol. The lowest BCUT2D eigenvalue weighted by atomic mass is 9.95. The van der Waals surface area contributed by atoms with E-state index in [1.807, 2.05) is 18.7 Å². The van der Waals surface area contributed by atoms with Gasteiger partial charge in [0.2, 0.25) is 11.8 Å². The van der Waals surface area contributed by atoms with E-state index in [2.05, 4.69) is 5.32 Å². The van der Waals surface area contributed by atoms with Crippen LogP contribution in [0, 0.1) is 11.8 Å². The van der Waals surface area contributed by atoms with Crippen LogP contribution >= 0.6 is 0 Å². The minimum absolute atomic E-state index is 0.0590. The summed E-state index contributed by atoms with van der Waals surface area (Å²) in [5.41, 5.74) is 0.437. The summed E-state index contributed by atoms with van der Waals surface area (Å²) in [5.74, 6) is -0.125. The number of ether oxygens (including phenoxy) is 1. The molecule has 2 aliphatic rings. The summed E-state index contributed by atoms with van der Waals surface area (Å²) in [7, 11) is 0. The van der Waals surface area contributed by atoms with Crippen LogP contribution in [0.4, 0.5) is 0 Å². The lowest BCUT2D eigenvalue weighted by Gasteiger charge is -2.33. The summed E-state index contributed by atoms with van der Waals surface area (Å²) in [4.78, 5) is 52.1. The second kappa shape index (κ2) is 9.94. The number of benzene rings is 1. The molecule has 0 aliphatic carbocycles. The lowest BCUT2D eigenvalue weighted by molar-refractivity contribution is -0.137. The number of carbonyl (C=O) groups excluding carboxylic acids is 4. The number of amides is 3. The Balaban J connectivity index is 1.44. The number of rotatable bonds is 6. The number of nitrogens with zero attached hydrogens (tertiary/aromatic N) is 2. The monoisotopic (exact) mass is 429 g/mol. The van der Waals surface area contributed by atoms with E-state index < -0.39 is 5.97 Å². The van der Waals surface area contributed by atoms with Crippen LogP contribution in [0.5, 0.6) is 5.75 Å². The van der Waals surface area contributed by atoms with Crippen LogP contribution in [0.3, 0.4) is 0 Å². The Hall–Kier alpha value is -2.90. The van der Waals surface area contributed by atoms with Crippen molar-refractivity contribution in [3.05, 3.63) is 29.8 Å². The van der Waals surface area contributed by atoms with Gasteiger partial charge in [-0.1, -0.05) is 6.07 Å². The molecule has 8 heteroatoms. The van der Waals surface area contributed by atoms with E-state index in [1.165, 1.54) is 6.92 Å². The molecule has 1 aromatic carbocycles. The van der Waals surface area contributed by atoms with Crippen LogP contribution in [-0.4, -0.2) is 65.7 Å². The first-order valence-electron chi connectivity index (χ1n) is 10.9. The molecule has 3 rings (SSSR count). The van der Waals surface area contributed by atoms with Crippen molar-refractivity contribution in [2.24, 2.45) is 11.8 Å². The van der Waals surface area contributed by atoms with Crippen molar-refractivity contribution in [1.82, 2.24) is 15.1 Å². The SMILES string of the molecule is CC(=O)Oc1cccc(C(=O)NCC2CCN(C(=O)C3CC(=O)N(C(C)C)C3)CC2)c1. The highest BCUT2D eigenvalue weighted by atomic mass is 16.5. The summed E-state index contributed by atoms with van der Waals surface area (Å²) in [6.45, 7) is 7.59. The zero-order chi connectivity index (χ0) is 22.5. The molecule has 0 aromatic heterocycles. The molecule has 0 saturated carbocycles. The zero-order valence-electron chi connectivity index (χ0n) is 18.4. The van der Waals surface area contributed by atoms with E-state index in [0.29, 0.717) is 49.8 Å². The third-order valence-corrected chi connectivity index (χ3v) is 5.97. The van der Waals surface area contributed by atoms with Gasteiger partial charge < -0.3 is 19.9 Å². The molecule has 31 heavy (non-hydrogen) atoms. The molecule has 1 aromatic rings. The fourth-order valence-corrected chi connectivity index (χ4v) is 4.22. The van der Waals surface area contributed by atoms with Gasteiger partial charge in [-0.25, -0.2) is 0 Å². The molecule has 1 unspecified atom stereocenters. The molecule has 2 fully saturated rings. The number of likely N-dealkylation sites (tertiary alicyclic amines) is 2. The molecule has 0 radical (unpaired) electrons. The molecule has 2 aliphatic heterocycles. The number of hydrogen-bond donors (Lipinski definition) is 1. The van der Waals surface area contributed by atoms with Crippen LogP contribution in [-0.2, 0) is 14.4 Å². The van der Waals surface area contributed by atoms with Gasteiger partial charge in [-0.15, -0.1) is 0 Å². The molecule has 2 heterocycles. The third-order valence-electron chi connectivity index (χ3n) is 5.97. The summed E-state index contributed by atoms with van der Waals surface area (Å²) < 4.78 is 5.02. The van der Waals surface area contributed by atoms with E-state index in [9.17, 15) is 19.2 Å². The van der Waals surface area contributed by atoms with Crippen LogP contribution in [0.25, 0.3) is 0 Å². The van der Waals surface area contributed by atoms with Gasteiger partial charge in [-0.05, 0) is 50.8 Å². The van der Waals surface area contributed by atoms with Crippen molar-refractivity contribution in [3.63, 3.8) is 0 Å². The topological polar surface area (TPSA) is 96.0 Å². The third kappa shape index (κ3) is 5.83. The predicted molar refractivity (Wildman–Crippen MR) is 114 cm³/mol. The van der Waals surface area contributed by atoms with Crippen LogP contribution < -0.4 is 10.1 Å². The summed E-state index contributed by atoms with van der Waals surface area (Å²) >= 11 is 0. The standard InChI is InChI=1S/C23H31N3O5/c1-15(2)26-14-19(12-21(26)28)23(30)25-9-7-17(8-10-25)13-24-22(29)18-5-4-6-20(11-18)31-16(3)27/h4-6,11,15,17,19H,7-10,12-14H2,1-3H3,(H,24,29). The molecule has 1 N–H and O–H groups in total. The summed E-state index contributed by atoms with van der Waals surface area (Å²) in [6.07, 6.45) is 1.93. The van der Waals surface area contributed by atoms with Gasteiger partial charge in [-0.2, -0.15) is 0 Å². The first kappa shape index (κ1) is 22.8. The largest absolute Gasteiger partial charge is 0.427 e. The highest BCUT2D eigenvalue weighted by Crippen LogP contribution is 2.25. The zero-order valence-corrected chi connectivity index (χ0v) is 18.4. The Kier molecular flexibility index (Phi) is 7.30. The fourth-order valence-electron chi connectivity index (χ4n) is 4.22. The molecule has 2 saturated heterocycles. The quantitative estimate of drug-likeness (QED) is 0.550. The van der Waals surface area contributed by atoms with Crippen molar-refractivity contribution in [3.8, 4) is 5.75 Å². The minimum Gasteiger partial charge on any atom is -0.427 e. The first-order valence-corrected chi connectivity index (χ1v) is 10.9. The van der Waals surface area contributed by atoms with Crippen LogP contribution in [0.15, 0.2) is 24.3 Å². The molecule has 0 bridgehead atoms. The van der Waals surface area contributed by atoms with Crippen LogP contribution in [0.1, 0.15) is 50.4 Å². The van der Waals surface area contributed by atoms with Crippen molar-refractivity contribution in [2.75, 3.05) is 26.2 Å². The highest BCUT2D eigenvalue weighted by molar-refractivity contribution is 5.94. The second-order valence-electron chi connectivity index (χ2n) is 8.64. The van der Waals surface area contributed by atoms with Crippen molar-refractivity contribution >= 4 is 23.7 Å². The van der Waals surface area contributed by atoms with Crippen molar-refractivity contribution in [1.29, 1.82) is 0 Å². The van der Waals surface area contributed by atoms with Gasteiger partial charge in [0.05, 0.1) is 5.92 Å². The molecular formula is C23H31N3O5. The number of hydrogen-bond acceptors (Lipinski definition) is 5. The number of carbonyl (C=O) groups is 4. The first-order chi connectivity index (χ1) is 14.7. The van der Waals surface area contributed by atoms with E-state index >= 15 is 0 Å². The van der Waals surface area contributed by atoms with E-state index in [-0.39, 0.29) is 29.7 Å². The smallest absolute Gasteiger partial charge is 0.308 e. The van der Waals surface area contributed by atoms with Gasteiger partial charge in [0.25, 0.3) is 5.91 Å². The molecule has 168 valence electrons. The Labute approximate surface area is 182 Å². The molecule has 3 amide bonds. The maximum Gasteiger partial charge on any atom is 0.308 e. The Bertz CT molecular complexity index is 845. The molecule has 0 spiro atoms. The van der Waals surface area contributed by atoms with Crippen molar-refractivity contribution in [2.45, 2.75) is 46.1 Å². The van der Waals surface area contributed by atoms with E-state index in [0.717, 1.165) is 12.8 Å². The van der Waals surface area contributed by atoms with Crippen LogP contribution in [0.2, 0.25) is 0 Å². The van der Waals surface area contributed by atoms with Gasteiger partial charge in [-0.3, -0.25) is 19.2 Å². The molecule has 8 nitrogen and oxygen atoms in total. The molecule has 1 atom stereocenters. The van der Waals surface area contributed by atoms with Gasteiger partial charge in [0, 0.05) is 51.1 Å². The average Bonchev–Trinajstić information content (AvgIpc) is 3.13. The van der Waals surface area contributed by atoms with Gasteiger partial charge >= 0.3 is 5.97 Å². The Morgan fingerprint density at radius 3 is 2.52 bits per heavy atom. The number of piperidine rings is 1. The normalized spacial score (nSPS) is 19.6.